The van der Waals surface area contributed by atoms with Crippen molar-refractivity contribution >= 4 is 40.0 Å². The average Bonchev–Trinajstić information content (AvgIpc) is 2.98. The van der Waals surface area contributed by atoms with Crippen molar-refractivity contribution in [2.45, 2.75) is 38.8 Å². The van der Waals surface area contributed by atoms with Crippen molar-refractivity contribution in [3.8, 4) is 11.5 Å². The van der Waals surface area contributed by atoms with Crippen LogP contribution in [0, 0.1) is 0 Å². The lowest BCUT2D eigenvalue weighted by Crippen LogP contribution is -2.41. The van der Waals surface area contributed by atoms with Gasteiger partial charge in [0.2, 0.25) is 11.8 Å². The highest BCUT2D eigenvalue weighted by molar-refractivity contribution is 6.30. The molecule has 0 aliphatic heterocycles. The van der Waals surface area contributed by atoms with Crippen LogP contribution in [0.15, 0.2) is 76.3 Å². The Morgan fingerprint density at radius 2 is 1.64 bits per heavy atom. The summed E-state index contributed by atoms with van der Waals surface area (Å²) in [4.78, 5) is 51.7. The van der Waals surface area contributed by atoms with Crippen LogP contribution in [0.3, 0.4) is 0 Å². The van der Waals surface area contributed by atoms with Gasteiger partial charge in [0.25, 0.3) is 5.56 Å². The first-order chi connectivity index (χ1) is 20.3. The molecule has 0 spiro atoms. The second-order valence-corrected chi connectivity index (χ2v) is 10.1. The highest BCUT2D eigenvalue weighted by Crippen LogP contribution is 2.27. The van der Waals surface area contributed by atoms with Crippen molar-refractivity contribution in [3.63, 3.8) is 0 Å². The van der Waals surface area contributed by atoms with E-state index in [1.807, 2.05) is 18.2 Å². The van der Waals surface area contributed by atoms with E-state index >= 15 is 0 Å². The summed E-state index contributed by atoms with van der Waals surface area (Å²) >= 11 is 6.00. The smallest absolute Gasteiger partial charge is 0.331 e. The molecule has 1 heterocycles. The standard InChI is InChI=1S/C31H33ClN4O6/c1-41-26-14-13-21(18-27(26)42-2)15-16-33-28(37)12-5-6-17-35-30(39)24-10-3-4-11-25(24)36(31(35)40)20-29(38)34-23-9-7-8-22(32)19-23/h3-4,7-11,13-14,18-19H,5-6,12,15-17,20H2,1-2H3,(H,33,37)(H,34,38). The number of carbonyl (C=O) groups excluding carboxylic acids is 2. The van der Waals surface area contributed by atoms with Crippen LogP contribution in [0.5, 0.6) is 11.5 Å². The first-order valence-corrected chi connectivity index (χ1v) is 13.9. The number of carbonyl (C=O) groups is 2. The molecule has 11 heteroatoms. The van der Waals surface area contributed by atoms with Gasteiger partial charge in [-0.05, 0) is 67.3 Å². The maximum Gasteiger partial charge on any atom is 0.331 e. The number of aromatic nitrogens is 2. The van der Waals surface area contributed by atoms with E-state index < -0.39 is 17.2 Å². The summed E-state index contributed by atoms with van der Waals surface area (Å²) in [5, 5.41) is 6.43. The molecule has 0 saturated heterocycles. The molecule has 3 aromatic carbocycles. The molecule has 0 radical (unpaired) electrons. The predicted molar refractivity (Wildman–Crippen MR) is 163 cm³/mol. The van der Waals surface area contributed by atoms with Crippen LogP contribution >= 0.6 is 11.6 Å². The molecule has 2 N–H and O–H groups in total. The molecule has 1 aromatic heterocycles. The number of nitrogens with one attached hydrogen (secondary N) is 2. The van der Waals surface area contributed by atoms with E-state index in [1.165, 1.54) is 4.57 Å². The number of hydrogen-bond donors (Lipinski definition) is 2. The summed E-state index contributed by atoms with van der Waals surface area (Å²) in [5.74, 6) is 0.727. The molecular formula is C31H33ClN4O6. The SMILES string of the molecule is COc1ccc(CCNC(=O)CCCCn2c(=O)c3ccccc3n(CC(=O)Nc3cccc(Cl)c3)c2=O)cc1OC. The summed E-state index contributed by atoms with van der Waals surface area (Å²) in [7, 11) is 3.15. The Morgan fingerprint density at radius 1 is 0.857 bits per heavy atom. The minimum atomic E-state index is -0.584. The molecule has 0 saturated carbocycles. The Bertz CT molecular complexity index is 1700. The predicted octanol–water partition coefficient (Wildman–Crippen LogP) is 4.00. The number of anilines is 1. The number of halogens is 1. The summed E-state index contributed by atoms with van der Waals surface area (Å²) in [6.07, 6.45) is 1.80. The summed E-state index contributed by atoms with van der Waals surface area (Å²) in [6, 6.07) is 19.0. The number of fused-ring (bicyclic) bond motifs is 1. The van der Waals surface area contributed by atoms with Gasteiger partial charge in [0.05, 0.1) is 25.1 Å². The highest BCUT2D eigenvalue weighted by Gasteiger charge is 2.16. The molecule has 0 atom stereocenters. The third-order valence-corrected chi connectivity index (χ3v) is 7.00. The van der Waals surface area contributed by atoms with Crippen LogP contribution in [0.4, 0.5) is 5.69 Å². The first-order valence-electron chi connectivity index (χ1n) is 13.6. The van der Waals surface area contributed by atoms with Gasteiger partial charge in [-0.25, -0.2) is 4.79 Å². The Hall–Kier alpha value is -4.57. The number of benzene rings is 3. The first kappa shape index (κ1) is 30.4. The second-order valence-electron chi connectivity index (χ2n) is 9.65. The maximum absolute atomic E-state index is 13.4. The van der Waals surface area contributed by atoms with Gasteiger partial charge in [0.15, 0.2) is 11.5 Å². The van der Waals surface area contributed by atoms with Crippen LogP contribution in [0.2, 0.25) is 5.02 Å². The van der Waals surface area contributed by atoms with E-state index in [2.05, 4.69) is 10.6 Å². The van der Waals surface area contributed by atoms with Crippen LogP contribution in [-0.4, -0.2) is 41.7 Å². The minimum Gasteiger partial charge on any atom is -0.493 e. The molecule has 4 aromatic rings. The number of amides is 2. The molecule has 4 rings (SSSR count). The lowest BCUT2D eigenvalue weighted by atomic mass is 10.1. The summed E-state index contributed by atoms with van der Waals surface area (Å²) in [6.45, 7) is 0.298. The van der Waals surface area contributed by atoms with E-state index in [0.29, 0.717) is 58.9 Å². The van der Waals surface area contributed by atoms with Gasteiger partial charge in [-0.1, -0.05) is 35.9 Å². The fraction of sp³-hybridized carbons (Fsp3) is 0.290. The molecular weight excluding hydrogens is 560 g/mol. The maximum atomic E-state index is 13.4. The van der Waals surface area contributed by atoms with Crippen molar-refractivity contribution in [2.75, 3.05) is 26.1 Å². The number of ether oxygens (including phenoxy) is 2. The zero-order chi connectivity index (χ0) is 30.1. The van der Waals surface area contributed by atoms with Gasteiger partial charge in [0.1, 0.15) is 6.54 Å². The number of nitrogens with zero attached hydrogens (tertiary/aromatic N) is 2. The van der Waals surface area contributed by atoms with E-state index in [4.69, 9.17) is 21.1 Å². The Kier molecular flexibility index (Phi) is 10.4. The van der Waals surface area contributed by atoms with E-state index in [-0.39, 0.29) is 25.4 Å². The normalized spacial score (nSPS) is 10.8. The molecule has 10 nitrogen and oxygen atoms in total. The van der Waals surface area contributed by atoms with Crippen molar-refractivity contribution < 1.29 is 19.1 Å². The fourth-order valence-corrected chi connectivity index (χ4v) is 4.85. The van der Waals surface area contributed by atoms with E-state index in [9.17, 15) is 19.2 Å². The zero-order valence-corrected chi connectivity index (χ0v) is 24.3. The van der Waals surface area contributed by atoms with Crippen LogP contribution in [0.1, 0.15) is 24.8 Å². The summed E-state index contributed by atoms with van der Waals surface area (Å²) in [5.41, 5.74) is 0.862. The molecule has 0 bridgehead atoms. The fourth-order valence-electron chi connectivity index (χ4n) is 4.66. The zero-order valence-electron chi connectivity index (χ0n) is 23.5. The Balaban J connectivity index is 1.35. The molecule has 42 heavy (non-hydrogen) atoms. The van der Waals surface area contributed by atoms with Gasteiger partial charge in [0, 0.05) is 30.2 Å². The number of rotatable bonds is 13. The topological polar surface area (TPSA) is 121 Å². The van der Waals surface area contributed by atoms with E-state index in [1.54, 1.807) is 62.8 Å². The number of unbranched alkanes of at least 4 members (excludes halogenated alkanes) is 1. The minimum absolute atomic E-state index is 0.114. The Labute approximate surface area is 247 Å². The molecule has 0 aliphatic carbocycles. The van der Waals surface area contributed by atoms with Crippen LogP contribution in [-0.2, 0) is 29.1 Å². The third kappa shape index (κ3) is 7.58. The highest BCUT2D eigenvalue weighted by atomic mass is 35.5. The van der Waals surface area contributed by atoms with Gasteiger partial charge in [-0.2, -0.15) is 0 Å². The lowest BCUT2D eigenvalue weighted by molar-refractivity contribution is -0.121. The third-order valence-electron chi connectivity index (χ3n) is 6.76. The molecule has 0 fully saturated rings. The second kappa shape index (κ2) is 14.4. The van der Waals surface area contributed by atoms with Crippen molar-refractivity contribution in [1.29, 1.82) is 0 Å². The quantitative estimate of drug-likeness (QED) is 0.226. The van der Waals surface area contributed by atoms with Crippen molar-refractivity contribution in [3.05, 3.63) is 98.2 Å². The molecule has 2 amide bonds. The van der Waals surface area contributed by atoms with E-state index in [0.717, 1.165) is 10.1 Å². The van der Waals surface area contributed by atoms with Gasteiger partial charge in [-0.15, -0.1) is 0 Å². The molecule has 220 valence electrons. The van der Waals surface area contributed by atoms with Crippen molar-refractivity contribution in [1.82, 2.24) is 14.5 Å². The number of methoxy groups -OCH3 is 2. The number of para-hydroxylation sites is 1. The van der Waals surface area contributed by atoms with Gasteiger partial charge < -0.3 is 20.1 Å². The van der Waals surface area contributed by atoms with Crippen LogP contribution < -0.4 is 31.4 Å². The average molecular weight is 593 g/mol. The lowest BCUT2D eigenvalue weighted by Gasteiger charge is -2.14. The Morgan fingerprint density at radius 3 is 2.40 bits per heavy atom. The van der Waals surface area contributed by atoms with Crippen LogP contribution in [0.25, 0.3) is 10.9 Å². The molecule has 0 unspecified atom stereocenters. The number of hydrogen-bond acceptors (Lipinski definition) is 6. The van der Waals surface area contributed by atoms with Gasteiger partial charge >= 0.3 is 5.69 Å². The molecule has 0 aliphatic rings. The monoisotopic (exact) mass is 592 g/mol. The largest absolute Gasteiger partial charge is 0.493 e. The van der Waals surface area contributed by atoms with Gasteiger partial charge in [-0.3, -0.25) is 23.5 Å². The van der Waals surface area contributed by atoms with Crippen molar-refractivity contribution in [2.24, 2.45) is 0 Å². The summed E-state index contributed by atoms with van der Waals surface area (Å²) < 4.78 is 13.0.